The first-order chi connectivity index (χ1) is 12.4. The normalized spacial score (nSPS) is 13.7. The van der Waals surface area contributed by atoms with E-state index in [9.17, 15) is 4.79 Å². The van der Waals surface area contributed by atoms with Crippen LogP contribution in [-0.4, -0.2) is 6.73 Å². The standard InChI is InChI=1S/C20H17Cl2NO3/c1-10-11(2)20(24)26-19-12(3)18-13(6-15(10)19)8-23(9-25-18)14-4-5-16(21)17(22)7-14/h4-7H,8-9H2,1-3H3. The van der Waals surface area contributed by atoms with E-state index in [1.54, 1.807) is 13.0 Å². The van der Waals surface area contributed by atoms with Crippen LogP contribution < -0.4 is 15.3 Å². The predicted octanol–water partition coefficient (Wildman–Crippen LogP) is 5.38. The molecule has 1 aliphatic rings. The number of benzene rings is 2. The zero-order valence-electron chi connectivity index (χ0n) is 14.7. The first-order valence-corrected chi connectivity index (χ1v) is 9.01. The van der Waals surface area contributed by atoms with Crippen molar-refractivity contribution in [3.63, 3.8) is 0 Å². The number of aryl methyl sites for hydroxylation is 2. The SMILES string of the molecule is Cc1c(C)c2cc3c(c(C)c2oc1=O)OCN(c1ccc(Cl)c(Cl)c1)C3. The van der Waals surface area contributed by atoms with Gasteiger partial charge < -0.3 is 14.1 Å². The summed E-state index contributed by atoms with van der Waals surface area (Å²) < 4.78 is 11.5. The lowest BCUT2D eigenvalue weighted by molar-refractivity contribution is 0.287. The molecule has 4 nitrogen and oxygen atoms in total. The van der Waals surface area contributed by atoms with E-state index in [4.69, 9.17) is 32.4 Å². The molecule has 6 heteroatoms. The Morgan fingerprint density at radius 3 is 2.50 bits per heavy atom. The Bertz CT molecular complexity index is 1100. The molecule has 0 radical (unpaired) electrons. The summed E-state index contributed by atoms with van der Waals surface area (Å²) in [5, 5.41) is 1.98. The van der Waals surface area contributed by atoms with Crippen molar-refractivity contribution in [2.24, 2.45) is 0 Å². The smallest absolute Gasteiger partial charge is 0.339 e. The minimum absolute atomic E-state index is 0.300. The molecular weight excluding hydrogens is 373 g/mol. The average Bonchev–Trinajstić information content (AvgIpc) is 2.63. The highest BCUT2D eigenvalue weighted by Gasteiger charge is 2.23. The van der Waals surface area contributed by atoms with Crippen molar-refractivity contribution in [2.45, 2.75) is 27.3 Å². The van der Waals surface area contributed by atoms with Gasteiger partial charge in [-0.05, 0) is 50.6 Å². The topological polar surface area (TPSA) is 42.7 Å². The highest BCUT2D eigenvalue weighted by molar-refractivity contribution is 6.42. The van der Waals surface area contributed by atoms with Gasteiger partial charge in [0, 0.05) is 34.3 Å². The fourth-order valence-corrected chi connectivity index (χ4v) is 3.64. The third kappa shape index (κ3) is 2.65. The van der Waals surface area contributed by atoms with E-state index < -0.39 is 0 Å². The van der Waals surface area contributed by atoms with Gasteiger partial charge in [0.2, 0.25) is 0 Å². The summed E-state index contributed by atoms with van der Waals surface area (Å²) in [5.41, 5.74) is 4.71. The van der Waals surface area contributed by atoms with Crippen LogP contribution in [0.1, 0.15) is 22.3 Å². The largest absolute Gasteiger partial charge is 0.472 e. The summed E-state index contributed by atoms with van der Waals surface area (Å²) in [5.74, 6) is 0.778. The van der Waals surface area contributed by atoms with E-state index in [0.717, 1.165) is 33.5 Å². The van der Waals surface area contributed by atoms with Gasteiger partial charge >= 0.3 is 5.63 Å². The van der Waals surface area contributed by atoms with Gasteiger partial charge in [-0.2, -0.15) is 0 Å². The maximum atomic E-state index is 12.0. The van der Waals surface area contributed by atoms with E-state index in [-0.39, 0.29) is 5.63 Å². The predicted molar refractivity (Wildman–Crippen MR) is 105 cm³/mol. The van der Waals surface area contributed by atoms with Crippen LogP contribution in [0.2, 0.25) is 10.0 Å². The molecule has 2 heterocycles. The molecule has 0 N–H and O–H groups in total. The number of nitrogens with zero attached hydrogens (tertiary/aromatic N) is 1. The van der Waals surface area contributed by atoms with E-state index in [1.165, 1.54) is 0 Å². The lowest BCUT2D eigenvalue weighted by Crippen LogP contribution is -2.32. The maximum Gasteiger partial charge on any atom is 0.339 e. The highest BCUT2D eigenvalue weighted by Crippen LogP contribution is 2.38. The molecule has 134 valence electrons. The van der Waals surface area contributed by atoms with Crippen LogP contribution in [0.5, 0.6) is 5.75 Å². The number of hydrogen-bond donors (Lipinski definition) is 0. The molecule has 3 aromatic rings. The van der Waals surface area contributed by atoms with Crippen LogP contribution in [0, 0.1) is 20.8 Å². The van der Waals surface area contributed by atoms with Crippen LogP contribution >= 0.6 is 23.2 Å². The Kier molecular flexibility index (Phi) is 4.13. The minimum Gasteiger partial charge on any atom is -0.472 e. The van der Waals surface area contributed by atoms with Gasteiger partial charge in [0.15, 0.2) is 6.73 Å². The fraction of sp³-hybridized carbons (Fsp3) is 0.250. The molecule has 1 aromatic heterocycles. The first-order valence-electron chi connectivity index (χ1n) is 8.26. The molecule has 0 aliphatic carbocycles. The summed E-state index contributed by atoms with van der Waals surface area (Å²) >= 11 is 12.2. The molecular formula is C20H17Cl2NO3. The molecule has 0 fully saturated rings. The van der Waals surface area contributed by atoms with Crippen molar-refractivity contribution in [1.29, 1.82) is 0 Å². The van der Waals surface area contributed by atoms with E-state index in [0.29, 0.717) is 34.5 Å². The highest BCUT2D eigenvalue weighted by atomic mass is 35.5. The molecule has 0 atom stereocenters. The number of halogens is 2. The van der Waals surface area contributed by atoms with Gasteiger partial charge in [0.1, 0.15) is 11.3 Å². The van der Waals surface area contributed by atoms with Crippen molar-refractivity contribution < 1.29 is 9.15 Å². The molecule has 2 aromatic carbocycles. The van der Waals surface area contributed by atoms with Crippen LogP contribution in [0.3, 0.4) is 0 Å². The average molecular weight is 390 g/mol. The van der Waals surface area contributed by atoms with Crippen LogP contribution in [0.25, 0.3) is 11.0 Å². The van der Waals surface area contributed by atoms with Gasteiger partial charge in [0.05, 0.1) is 10.0 Å². The Hall–Kier alpha value is -2.17. The van der Waals surface area contributed by atoms with Gasteiger partial charge in [-0.1, -0.05) is 23.2 Å². The zero-order valence-corrected chi connectivity index (χ0v) is 16.2. The lowest BCUT2D eigenvalue weighted by atomic mass is 9.99. The molecule has 0 saturated heterocycles. The molecule has 26 heavy (non-hydrogen) atoms. The third-order valence-electron chi connectivity index (χ3n) is 5.00. The summed E-state index contributed by atoms with van der Waals surface area (Å²) in [7, 11) is 0. The number of anilines is 1. The van der Waals surface area contributed by atoms with Crippen molar-refractivity contribution >= 4 is 39.9 Å². The number of ether oxygens (including phenoxy) is 1. The fourth-order valence-electron chi connectivity index (χ4n) is 3.35. The van der Waals surface area contributed by atoms with Gasteiger partial charge in [-0.15, -0.1) is 0 Å². The molecule has 0 unspecified atom stereocenters. The summed E-state index contributed by atoms with van der Waals surface area (Å²) in [4.78, 5) is 14.1. The Balaban J connectivity index is 1.83. The van der Waals surface area contributed by atoms with Gasteiger partial charge in [-0.3, -0.25) is 0 Å². The Labute approximate surface area is 160 Å². The minimum atomic E-state index is -0.300. The van der Waals surface area contributed by atoms with Crippen LogP contribution in [0.15, 0.2) is 33.5 Å². The summed E-state index contributed by atoms with van der Waals surface area (Å²) in [6.45, 7) is 6.70. The number of hydrogen-bond acceptors (Lipinski definition) is 4. The van der Waals surface area contributed by atoms with Crippen molar-refractivity contribution in [1.82, 2.24) is 0 Å². The molecule has 0 amide bonds. The zero-order chi connectivity index (χ0) is 18.6. The molecule has 0 bridgehead atoms. The molecule has 0 saturated carbocycles. The van der Waals surface area contributed by atoms with E-state index in [1.807, 2.05) is 32.0 Å². The third-order valence-corrected chi connectivity index (χ3v) is 5.74. The second kappa shape index (κ2) is 6.22. The van der Waals surface area contributed by atoms with Gasteiger partial charge in [0.25, 0.3) is 0 Å². The Morgan fingerprint density at radius 1 is 1.00 bits per heavy atom. The first kappa shape index (κ1) is 17.3. The van der Waals surface area contributed by atoms with Crippen LogP contribution in [-0.2, 0) is 6.54 Å². The quantitative estimate of drug-likeness (QED) is 0.523. The van der Waals surface area contributed by atoms with Crippen molar-refractivity contribution in [3.8, 4) is 5.75 Å². The summed E-state index contributed by atoms with van der Waals surface area (Å²) in [6.07, 6.45) is 0. The maximum absolute atomic E-state index is 12.0. The Morgan fingerprint density at radius 2 is 1.77 bits per heavy atom. The van der Waals surface area contributed by atoms with Gasteiger partial charge in [-0.25, -0.2) is 4.79 Å². The summed E-state index contributed by atoms with van der Waals surface area (Å²) in [6, 6.07) is 7.58. The van der Waals surface area contributed by atoms with Crippen molar-refractivity contribution in [2.75, 3.05) is 11.6 Å². The second-order valence-corrected chi connectivity index (χ2v) is 7.39. The van der Waals surface area contributed by atoms with E-state index >= 15 is 0 Å². The molecule has 0 spiro atoms. The monoisotopic (exact) mass is 389 g/mol. The number of rotatable bonds is 1. The lowest BCUT2D eigenvalue weighted by Gasteiger charge is -2.32. The number of fused-ring (bicyclic) bond motifs is 2. The van der Waals surface area contributed by atoms with E-state index in [2.05, 4.69) is 4.90 Å². The molecule has 4 rings (SSSR count). The second-order valence-electron chi connectivity index (χ2n) is 6.58. The molecule has 1 aliphatic heterocycles. The van der Waals surface area contributed by atoms with Crippen LogP contribution in [0.4, 0.5) is 5.69 Å². The van der Waals surface area contributed by atoms with Crippen molar-refractivity contribution in [3.05, 3.63) is 67.0 Å².